The van der Waals surface area contributed by atoms with Crippen molar-refractivity contribution in [2.24, 2.45) is 5.92 Å². The summed E-state index contributed by atoms with van der Waals surface area (Å²) in [6.45, 7) is 0. The van der Waals surface area contributed by atoms with E-state index in [2.05, 4.69) is 0 Å². The molecule has 0 bridgehead atoms. The minimum absolute atomic E-state index is 0.0701. The molecule has 0 aromatic heterocycles. The third-order valence-corrected chi connectivity index (χ3v) is 3.71. The molecule has 1 saturated carbocycles. The molecule has 1 aromatic rings. The number of methoxy groups -OCH3 is 1. The molecule has 2 nitrogen and oxygen atoms in total. The van der Waals surface area contributed by atoms with Crippen molar-refractivity contribution in [3.63, 3.8) is 0 Å². The second-order valence-electron chi connectivity index (χ2n) is 5.12. The smallest absolute Gasteiger partial charge is 0.248 e. The molecule has 0 unspecified atom stereocenters. The van der Waals surface area contributed by atoms with Gasteiger partial charge in [-0.15, -0.1) is 0 Å². The maximum absolute atomic E-state index is 13.0. The number of ether oxygens (including phenoxy) is 1. The number of Topliss-reactive ketones (excluding diaryl/α,β-unsaturated/α-hetero) is 1. The predicted octanol–water partition coefficient (Wildman–Crippen LogP) is 3.63. The van der Waals surface area contributed by atoms with Gasteiger partial charge in [-0.1, -0.05) is 12.1 Å². The highest BCUT2D eigenvalue weighted by Gasteiger charge is 2.37. The maximum atomic E-state index is 13.0. The fourth-order valence-electron chi connectivity index (χ4n) is 2.45. The topological polar surface area (TPSA) is 26.3 Å². The lowest BCUT2D eigenvalue weighted by Gasteiger charge is -2.27. The van der Waals surface area contributed by atoms with Crippen LogP contribution in [0.25, 0.3) is 0 Å². The Kier molecular flexibility index (Phi) is 4.17. The zero-order valence-electron chi connectivity index (χ0n) is 11.0. The van der Waals surface area contributed by atoms with Crippen molar-refractivity contribution in [2.75, 3.05) is 7.11 Å². The van der Waals surface area contributed by atoms with E-state index in [0.29, 0.717) is 19.3 Å². The summed E-state index contributed by atoms with van der Waals surface area (Å²) in [6, 6.07) is 7.29. The highest BCUT2D eigenvalue weighted by Crippen LogP contribution is 2.36. The number of benzene rings is 1. The lowest BCUT2D eigenvalue weighted by Crippen LogP contribution is -2.29. The second kappa shape index (κ2) is 5.68. The van der Waals surface area contributed by atoms with E-state index in [4.69, 9.17) is 4.74 Å². The van der Waals surface area contributed by atoms with Gasteiger partial charge in [0.05, 0.1) is 7.11 Å². The Morgan fingerprint density at radius 2 is 1.84 bits per heavy atom. The van der Waals surface area contributed by atoms with Crippen LogP contribution in [0.4, 0.5) is 8.78 Å². The van der Waals surface area contributed by atoms with Gasteiger partial charge in [0, 0.05) is 25.2 Å². The molecule has 0 aliphatic heterocycles. The van der Waals surface area contributed by atoms with E-state index in [9.17, 15) is 13.6 Å². The van der Waals surface area contributed by atoms with Gasteiger partial charge in [0.2, 0.25) is 5.92 Å². The van der Waals surface area contributed by atoms with Crippen molar-refractivity contribution in [2.45, 2.75) is 38.0 Å². The Balaban J connectivity index is 1.90. The molecular formula is C15H18F2O2. The first-order chi connectivity index (χ1) is 9.00. The Hall–Kier alpha value is -1.45. The summed E-state index contributed by atoms with van der Waals surface area (Å²) in [5, 5.41) is 0. The summed E-state index contributed by atoms with van der Waals surface area (Å²) in [7, 11) is 1.59. The molecule has 4 heteroatoms. The normalized spacial score (nSPS) is 19.1. The average Bonchev–Trinajstić information content (AvgIpc) is 2.39. The molecule has 2 rings (SSSR count). The molecule has 1 fully saturated rings. The molecule has 0 amide bonds. The molecular weight excluding hydrogens is 250 g/mol. The SMILES string of the molecule is COc1ccc(CC(=O)C2CCC(F)(F)CC2)cc1. The van der Waals surface area contributed by atoms with Crippen LogP contribution in [0.3, 0.4) is 0 Å². The highest BCUT2D eigenvalue weighted by atomic mass is 19.3. The zero-order chi connectivity index (χ0) is 13.9. The minimum atomic E-state index is -2.57. The number of ketones is 1. The highest BCUT2D eigenvalue weighted by molar-refractivity contribution is 5.83. The van der Waals surface area contributed by atoms with Gasteiger partial charge in [0.1, 0.15) is 11.5 Å². The number of carbonyl (C=O) groups is 1. The zero-order valence-corrected chi connectivity index (χ0v) is 11.0. The molecule has 0 saturated heterocycles. The van der Waals surface area contributed by atoms with E-state index in [-0.39, 0.29) is 24.5 Å². The van der Waals surface area contributed by atoms with Gasteiger partial charge in [-0.25, -0.2) is 8.78 Å². The van der Waals surface area contributed by atoms with Crippen LogP contribution in [0.5, 0.6) is 5.75 Å². The number of halogens is 2. The van der Waals surface area contributed by atoms with Gasteiger partial charge in [0.25, 0.3) is 0 Å². The van der Waals surface area contributed by atoms with Crippen LogP contribution in [0, 0.1) is 5.92 Å². The van der Waals surface area contributed by atoms with E-state index in [1.54, 1.807) is 19.2 Å². The van der Waals surface area contributed by atoms with Crippen molar-refractivity contribution >= 4 is 5.78 Å². The quantitative estimate of drug-likeness (QED) is 0.833. The van der Waals surface area contributed by atoms with Crippen molar-refractivity contribution in [1.82, 2.24) is 0 Å². The summed E-state index contributed by atoms with van der Waals surface area (Å²) in [5.41, 5.74) is 0.906. The van der Waals surface area contributed by atoms with Gasteiger partial charge in [0.15, 0.2) is 0 Å². The average molecular weight is 268 g/mol. The molecule has 0 heterocycles. The molecule has 0 N–H and O–H groups in total. The number of alkyl halides is 2. The number of hydrogen-bond acceptors (Lipinski definition) is 2. The first kappa shape index (κ1) is 14.0. The first-order valence-electron chi connectivity index (χ1n) is 6.54. The van der Waals surface area contributed by atoms with E-state index in [1.807, 2.05) is 12.1 Å². The predicted molar refractivity (Wildman–Crippen MR) is 68.6 cm³/mol. The summed E-state index contributed by atoms with van der Waals surface area (Å²) in [4.78, 5) is 12.1. The lowest BCUT2D eigenvalue weighted by atomic mass is 9.82. The van der Waals surface area contributed by atoms with Crippen LogP contribution < -0.4 is 4.74 Å². The van der Waals surface area contributed by atoms with Crippen LogP contribution >= 0.6 is 0 Å². The molecule has 0 atom stereocenters. The standard InChI is InChI=1S/C15H18F2O2/c1-19-13-4-2-11(3-5-13)10-14(18)12-6-8-15(16,17)9-7-12/h2-5,12H,6-10H2,1H3. The Morgan fingerprint density at radius 3 is 2.37 bits per heavy atom. The minimum Gasteiger partial charge on any atom is -0.497 e. The van der Waals surface area contributed by atoms with Crippen LogP contribution in [0.1, 0.15) is 31.2 Å². The van der Waals surface area contributed by atoms with Crippen molar-refractivity contribution in [3.05, 3.63) is 29.8 Å². The summed E-state index contributed by atoms with van der Waals surface area (Å²) >= 11 is 0. The Bertz CT molecular complexity index is 430. The summed E-state index contributed by atoms with van der Waals surface area (Å²) in [6.07, 6.45) is 0.613. The monoisotopic (exact) mass is 268 g/mol. The van der Waals surface area contributed by atoms with Crippen LogP contribution in [0.2, 0.25) is 0 Å². The van der Waals surface area contributed by atoms with E-state index in [1.165, 1.54) is 0 Å². The lowest BCUT2D eigenvalue weighted by molar-refractivity contribution is -0.126. The first-order valence-corrected chi connectivity index (χ1v) is 6.54. The Labute approximate surface area is 111 Å². The second-order valence-corrected chi connectivity index (χ2v) is 5.12. The van der Waals surface area contributed by atoms with Gasteiger partial charge < -0.3 is 4.74 Å². The Morgan fingerprint density at radius 1 is 1.26 bits per heavy atom. The van der Waals surface area contributed by atoms with Crippen LogP contribution in [0.15, 0.2) is 24.3 Å². The van der Waals surface area contributed by atoms with Gasteiger partial charge >= 0.3 is 0 Å². The molecule has 104 valence electrons. The van der Waals surface area contributed by atoms with Gasteiger partial charge in [-0.3, -0.25) is 4.79 Å². The van der Waals surface area contributed by atoms with Gasteiger partial charge in [-0.05, 0) is 30.5 Å². The van der Waals surface area contributed by atoms with Crippen LogP contribution in [-0.4, -0.2) is 18.8 Å². The molecule has 1 aromatic carbocycles. The largest absolute Gasteiger partial charge is 0.497 e. The fourth-order valence-corrected chi connectivity index (χ4v) is 2.45. The van der Waals surface area contributed by atoms with Crippen molar-refractivity contribution in [1.29, 1.82) is 0 Å². The van der Waals surface area contributed by atoms with E-state index >= 15 is 0 Å². The van der Waals surface area contributed by atoms with Crippen molar-refractivity contribution < 1.29 is 18.3 Å². The third-order valence-electron chi connectivity index (χ3n) is 3.71. The maximum Gasteiger partial charge on any atom is 0.248 e. The summed E-state index contributed by atoms with van der Waals surface area (Å²) in [5.74, 6) is -1.97. The number of rotatable bonds is 4. The third kappa shape index (κ3) is 3.75. The summed E-state index contributed by atoms with van der Waals surface area (Å²) < 4.78 is 31.1. The fraction of sp³-hybridized carbons (Fsp3) is 0.533. The van der Waals surface area contributed by atoms with Crippen molar-refractivity contribution in [3.8, 4) is 5.75 Å². The van der Waals surface area contributed by atoms with Gasteiger partial charge in [-0.2, -0.15) is 0 Å². The molecule has 1 aliphatic rings. The number of carbonyl (C=O) groups excluding carboxylic acids is 1. The van der Waals surface area contributed by atoms with E-state index < -0.39 is 5.92 Å². The van der Waals surface area contributed by atoms with E-state index in [0.717, 1.165) is 11.3 Å². The molecule has 19 heavy (non-hydrogen) atoms. The molecule has 1 aliphatic carbocycles. The number of hydrogen-bond donors (Lipinski definition) is 0. The molecule has 0 radical (unpaired) electrons. The van der Waals surface area contributed by atoms with Crippen LogP contribution in [-0.2, 0) is 11.2 Å². The molecule has 0 spiro atoms.